The number of carbonyl (C=O) groups is 1. The minimum Gasteiger partial charge on any atom is -0.316 e. The molecule has 3 aromatic rings. The van der Waals surface area contributed by atoms with E-state index >= 15 is 0 Å². The van der Waals surface area contributed by atoms with Crippen molar-refractivity contribution in [3.05, 3.63) is 52.8 Å². The number of rotatable bonds is 10. The molecule has 190 valence electrons. The smallest absolute Gasteiger partial charge is 0.279 e. The zero-order valence-corrected chi connectivity index (χ0v) is 22.8. The number of sulfonamides is 1. The van der Waals surface area contributed by atoms with Crippen molar-refractivity contribution >= 4 is 47.3 Å². The maximum atomic E-state index is 13.0. The second-order valence-electron chi connectivity index (χ2n) is 8.28. The van der Waals surface area contributed by atoms with E-state index in [2.05, 4.69) is 4.99 Å². The Morgan fingerprint density at radius 1 is 0.914 bits per heavy atom. The highest BCUT2D eigenvalue weighted by Crippen LogP contribution is 2.23. The van der Waals surface area contributed by atoms with Gasteiger partial charge < -0.3 is 4.57 Å². The molecule has 1 heterocycles. The van der Waals surface area contributed by atoms with Crippen LogP contribution in [-0.2, 0) is 26.4 Å². The molecular formula is C24H31N3O5S3. The molecule has 1 aromatic heterocycles. The number of benzene rings is 2. The standard InChI is InChI=1S/C24H31N3O5S3/c1-5-14-26(15-6-2)35(31,32)19-10-8-18(9-11-19)23(28)25-24-27(16-7-3)21-13-12-20(34(4,29)30)17-22(21)33-24/h8-13,17H,5-7,14-16H2,1-4H3. The molecule has 3 rings (SSSR count). The summed E-state index contributed by atoms with van der Waals surface area (Å²) in [6.45, 7) is 7.37. The summed E-state index contributed by atoms with van der Waals surface area (Å²) in [6, 6.07) is 10.7. The number of hydrogen-bond acceptors (Lipinski definition) is 6. The molecule has 2 aromatic carbocycles. The normalized spacial score (nSPS) is 13.1. The van der Waals surface area contributed by atoms with Crippen LogP contribution in [0.25, 0.3) is 10.2 Å². The van der Waals surface area contributed by atoms with Gasteiger partial charge in [-0.05, 0) is 61.7 Å². The Morgan fingerprint density at radius 2 is 1.51 bits per heavy atom. The summed E-state index contributed by atoms with van der Waals surface area (Å²) < 4.78 is 53.9. The van der Waals surface area contributed by atoms with Crippen molar-refractivity contribution in [1.82, 2.24) is 8.87 Å². The van der Waals surface area contributed by atoms with Crippen molar-refractivity contribution in [2.24, 2.45) is 4.99 Å². The Morgan fingerprint density at radius 3 is 2.06 bits per heavy atom. The molecule has 1 amide bonds. The van der Waals surface area contributed by atoms with Gasteiger partial charge in [-0.3, -0.25) is 4.79 Å². The third kappa shape index (κ3) is 6.08. The fraction of sp³-hybridized carbons (Fsp3) is 0.417. The lowest BCUT2D eigenvalue weighted by Gasteiger charge is -2.21. The maximum absolute atomic E-state index is 13.0. The van der Waals surface area contributed by atoms with E-state index in [1.54, 1.807) is 18.2 Å². The zero-order valence-electron chi connectivity index (χ0n) is 20.4. The van der Waals surface area contributed by atoms with Gasteiger partial charge in [-0.15, -0.1) is 0 Å². The minimum absolute atomic E-state index is 0.146. The second kappa shape index (κ2) is 11.2. The van der Waals surface area contributed by atoms with E-state index in [9.17, 15) is 21.6 Å². The molecule has 0 unspecified atom stereocenters. The van der Waals surface area contributed by atoms with Gasteiger partial charge in [0, 0.05) is 31.5 Å². The van der Waals surface area contributed by atoms with Crippen molar-refractivity contribution < 1.29 is 21.6 Å². The molecule has 11 heteroatoms. The molecule has 0 radical (unpaired) electrons. The maximum Gasteiger partial charge on any atom is 0.279 e. The summed E-state index contributed by atoms with van der Waals surface area (Å²) >= 11 is 1.25. The largest absolute Gasteiger partial charge is 0.316 e. The number of thiazole rings is 1. The molecular weight excluding hydrogens is 506 g/mol. The lowest BCUT2D eigenvalue weighted by molar-refractivity contribution is 0.0997. The number of hydrogen-bond donors (Lipinski definition) is 0. The molecule has 0 aliphatic heterocycles. The predicted octanol–water partition coefficient (Wildman–Crippen LogP) is 4.07. The first-order chi connectivity index (χ1) is 16.5. The number of nitrogens with zero attached hydrogens (tertiary/aromatic N) is 3. The molecule has 0 bridgehead atoms. The van der Waals surface area contributed by atoms with E-state index in [0.717, 1.165) is 22.9 Å². The van der Waals surface area contributed by atoms with Crippen molar-refractivity contribution in [3.63, 3.8) is 0 Å². The minimum atomic E-state index is -3.63. The van der Waals surface area contributed by atoms with Gasteiger partial charge in [0.1, 0.15) is 0 Å². The summed E-state index contributed by atoms with van der Waals surface area (Å²) in [4.78, 5) is 18.1. The predicted molar refractivity (Wildman–Crippen MR) is 139 cm³/mol. The summed E-state index contributed by atoms with van der Waals surface area (Å²) in [7, 11) is -6.99. The molecule has 0 aliphatic rings. The van der Waals surface area contributed by atoms with E-state index in [1.165, 1.54) is 39.9 Å². The van der Waals surface area contributed by atoms with Crippen molar-refractivity contribution in [1.29, 1.82) is 0 Å². The first kappa shape index (κ1) is 27.3. The van der Waals surface area contributed by atoms with E-state index in [-0.39, 0.29) is 15.4 Å². The van der Waals surface area contributed by atoms with E-state index in [1.807, 2.05) is 25.3 Å². The first-order valence-corrected chi connectivity index (χ1v) is 15.7. The number of fused-ring (bicyclic) bond motifs is 1. The van der Waals surface area contributed by atoms with Crippen molar-refractivity contribution in [2.75, 3.05) is 19.3 Å². The van der Waals surface area contributed by atoms with Crippen molar-refractivity contribution in [3.8, 4) is 0 Å². The molecule has 0 spiro atoms. The lowest BCUT2D eigenvalue weighted by Crippen LogP contribution is -2.32. The Bertz CT molecular complexity index is 1480. The number of carbonyl (C=O) groups excluding carboxylic acids is 1. The number of sulfone groups is 1. The van der Waals surface area contributed by atoms with Crippen LogP contribution in [0.5, 0.6) is 0 Å². The molecule has 35 heavy (non-hydrogen) atoms. The SMILES string of the molecule is CCCN(CCC)S(=O)(=O)c1ccc(C(=O)N=c2sc3cc(S(C)(=O)=O)ccc3n2CCC)cc1. The molecule has 0 fully saturated rings. The van der Waals surface area contributed by atoms with E-state index in [4.69, 9.17) is 0 Å². The van der Waals surface area contributed by atoms with Crippen LogP contribution >= 0.6 is 11.3 Å². The third-order valence-corrected chi connectivity index (χ3v) is 9.48. The first-order valence-electron chi connectivity index (χ1n) is 11.6. The molecule has 8 nitrogen and oxygen atoms in total. The quantitative estimate of drug-likeness (QED) is 0.388. The molecule has 0 saturated carbocycles. The van der Waals surface area contributed by atoms with Gasteiger partial charge in [-0.25, -0.2) is 16.8 Å². The second-order valence-corrected chi connectivity index (χ2v) is 13.2. The zero-order chi connectivity index (χ0) is 25.8. The summed E-state index contributed by atoms with van der Waals surface area (Å²) in [5.41, 5.74) is 1.09. The number of amides is 1. The Hall–Kier alpha value is -2.34. The van der Waals surface area contributed by atoms with Gasteiger partial charge in [-0.1, -0.05) is 32.1 Å². The Kier molecular flexibility index (Phi) is 8.68. The lowest BCUT2D eigenvalue weighted by atomic mass is 10.2. The van der Waals surface area contributed by atoms with Gasteiger partial charge in [0.2, 0.25) is 10.0 Å². The highest BCUT2D eigenvalue weighted by Gasteiger charge is 2.23. The van der Waals surface area contributed by atoms with Gasteiger partial charge in [0.05, 0.1) is 20.0 Å². The van der Waals surface area contributed by atoms with Gasteiger partial charge in [0.15, 0.2) is 14.6 Å². The van der Waals surface area contributed by atoms with E-state index < -0.39 is 25.8 Å². The Balaban J connectivity index is 1.99. The molecule has 0 aliphatic carbocycles. The number of aromatic nitrogens is 1. The average Bonchev–Trinajstić information content (AvgIpc) is 3.15. The summed E-state index contributed by atoms with van der Waals surface area (Å²) in [5, 5.41) is 0. The topological polar surface area (TPSA) is 106 Å². The van der Waals surface area contributed by atoms with Gasteiger partial charge >= 0.3 is 0 Å². The van der Waals surface area contributed by atoms with Crippen LogP contribution in [0.3, 0.4) is 0 Å². The van der Waals surface area contributed by atoms with Crippen LogP contribution in [-0.4, -0.2) is 51.0 Å². The van der Waals surface area contributed by atoms with Crippen LogP contribution in [0.4, 0.5) is 0 Å². The highest BCUT2D eigenvalue weighted by molar-refractivity contribution is 7.90. The van der Waals surface area contributed by atoms with Crippen LogP contribution in [0.1, 0.15) is 50.4 Å². The molecule has 0 atom stereocenters. The monoisotopic (exact) mass is 537 g/mol. The summed E-state index contributed by atoms with van der Waals surface area (Å²) in [5.74, 6) is -0.493. The fourth-order valence-corrected chi connectivity index (χ4v) is 7.17. The summed E-state index contributed by atoms with van der Waals surface area (Å²) in [6.07, 6.45) is 3.39. The molecule has 0 saturated heterocycles. The number of aryl methyl sites for hydroxylation is 1. The highest BCUT2D eigenvalue weighted by atomic mass is 32.2. The van der Waals surface area contributed by atoms with E-state index in [0.29, 0.717) is 37.3 Å². The van der Waals surface area contributed by atoms with Crippen LogP contribution in [0.15, 0.2) is 57.2 Å². The Labute approximate surface area is 210 Å². The third-order valence-electron chi connectivity index (χ3n) is 5.41. The van der Waals surface area contributed by atoms with Gasteiger partial charge in [-0.2, -0.15) is 9.30 Å². The van der Waals surface area contributed by atoms with Crippen LogP contribution in [0.2, 0.25) is 0 Å². The van der Waals surface area contributed by atoms with Crippen molar-refractivity contribution in [2.45, 2.75) is 56.4 Å². The molecule has 0 N–H and O–H groups in total. The van der Waals surface area contributed by atoms with Gasteiger partial charge in [0.25, 0.3) is 5.91 Å². The van der Waals surface area contributed by atoms with Crippen LogP contribution in [0, 0.1) is 0 Å². The van der Waals surface area contributed by atoms with Crippen LogP contribution < -0.4 is 4.80 Å². The fourth-order valence-electron chi connectivity index (χ4n) is 3.73. The average molecular weight is 538 g/mol.